The minimum Gasteiger partial charge on any atom is -0.444 e. The van der Waals surface area contributed by atoms with Crippen molar-refractivity contribution in [2.24, 2.45) is 0 Å². The van der Waals surface area contributed by atoms with Crippen molar-refractivity contribution in [3.05, 3.63) is 28.5 Å². The first-order valence-electron chi connectivity index (χ1n) is 6.48. The van der Waals surface area contributed by atoms with Gasteiger partial charge >= 0.3 is 6.09 Å². The Morgan fingerprint density at radius 2 is 2.21 bits per heavy atom. The molecule has 2 rings (SSSR count). The van der Waals surface area contributed by atoms with Crippen LogP contribution in [-0.4, -0.2) is 28.1 Å². The summed E-state index contributed by atoms with van der Waals surface area (Å²) in [7, 11) is 0. The van der Waals surface area contributed by atoms with Gasteiger partial charge in [0.2, 0.25) is 0 Å². The van der Waals surface area contributed by atoms with Crippen LogP contribution in [0.25, 0.3) is 0 Å². The summed E-state index contributed by atoms with van der Waals surface area (Å²) in [6, 6.07) is 3.99. The van der Waals surface area contributed by atoms with Crippen molar-refractivity contribution in [3.63, 3.8) is 0 Å². The number of rotatable bonds is 1. The molecule has 1 aromatic rings. The molecule has 2 heterocycles. The molecule has 0 saturated carbocycles. The first kappa shape index (κ1) is 14.3. The van der Waals surface area contributed by atoms with Gasteiger partial charge in [-0.05, 0) is 61.2 Å². The molecule has 4 nitrogen and oxygen atoms in total. The third-order valence-electron chi connectivity index (χ3n) is 3.02. The number of hydrogen-bond donors (Lipinski definition) is 0. The van der Waals surface area contributed by atoms with Crippen LogP contribution in [0.4, 0.5) is 4.79 Å². The van der Waals surface area contributed by atoms with Crippen LogP contribution in [0.3, 0.4) is 0 Å². The summed E-state index contributed by atoms with van der Waals surface area (Å²) >= 11 is 3.32. The molecule has 5 heteroatoms. The van der Waals surface area contributed by atoms with Crippen molar-refractivity contribution in [1.29, 1.82) is 0 Å². The predicted molar refractivity (Wildman–Crippen MR) is 76.9 cm³/mol. The highest BCUT2D eigenvalue weighted by Gasteiger charge is 2.33. The van der Waals surface area contributed by atoms with E-state index in [1.165, 1.54) is 0 Å². The summed E-state index contributed by atoms with van der Waals surface area (Å²) in [6.45, 7) is 6.40. The van der Waals surface area contributed by atoms with Crippen LogP contribution in [0, 0.1) is 0 Å². The number of likely N-dealkylation sites (tertiary alicyclic amines) is 1. The molecule has 1 aliphatic rings. The van der Waals surface area contributed by atoms with E-state index in [4.69, 9.17) is 4.74 Å². The molecule has 19 heavy (non-hydrogen) atoms. The maximum Gasteiger partial charge on any atom is 0.410 e. The van der Waals surface area contributed by atoms with E-state index in [9.17, 15) is 4.79 Å². The average Bonchev–Trinajstić information content (AvgIpc) is 2.76. The molecular formula is C14H19BrN2O2. The van der Waals surface area contributed by atoms with Crippen molar-refractivity contribution >= 4 is 22.0 Å². The number of amides is 1. The molecule has 0 radical (unpaired) electrons. The summed E-state index contributed by atoms with van der Waals surface area (Å²) in [5.74, 6) is 0. The Morgan fingerprint density at radius 1 is 1.47 bits per heavy atom. The van der Waals surface area contributed by atoms with Gasteiger partial charge in [-0.15, -0.1) is 0 Å². The van der Waals surface area contributed by atoms with Gasteiger partial charge in [-0.2, -0.15) is 0 Å². The summed E-state index contributed by atoms with van der Waals surface area (Å²) < 4.78 is 6.26. The van der Waals surface area contributed by atoms with E-state index < -0.39 is 5.60 Å². The molecule has 0 aliphatic carbocycles. The molecule has 0 bridgehead atoms. The maximum absolute atomic E-state index is 12.2. The van der Waals surface area contributed by atoms with E-state index in [2.05, 4.69) is 20.9 Å². The van der Waals surface area contributed by atoms with Gasteiger partial charge < -0.3 is 9.64 Å². The number of carbonyl (C=O) groups is 1. The van der Waals surface area contributed by atoms with Crippen LogP contribution < -0.4 is 0 Å². The van der Waals surface area contributed by atoms with Crippen molar-refractivity contribution in [1.82, 2.24) is 9.88 Å². The minimum atomic E-state index is -0.456. The molecule has 1 atom stereocenters. The standard InChI is InChI=1S/C14H19BrN2O2/c1-14(2,3)19-13(18)17-8-4-5-11(17)10-6-7-12(15)16-9-10/h6-7,9,11H,4-5,8H2,1-3H3/t11-/m0/s1. The smallest absolute Gasteiger partial charge is 0.410 e. The van der Waals surface area contributed by atoms with E-state index >= 15 is 0 Å². The zero-order valence-electron chi connectivity index (χ0n) is 11.5. The number of carbonyl (C=O) groups excluding carboxylic acids is 1. The van der Waals surface area contributed by atoms with Gasteiger partial charge in [-0.25, -0.2) is 9.78 Å². The molecule has 1 aromatic heterocycles. The van der Waals surface area contributed by atoms with Crippen LogP contribution in [0.2, 0.25) is 0 Å². The second-order valence-electron chi connectivity index (χ2n) is 5.75. The molecule has 1 amide bonds. The normalized spacial score (nSPS) is 19.6. The second kappa shape index (κ2) is 5.49. The molecule has 1 saturated heterocycles. The van der Waals surface area contributed by atoms with Gasteiger partial charge in [0.15, 0.2) is 0 Å². The highest BCUT2D eigenvalue weighted by molar-refractivity contribution is 9.10. The monoisotopic (exact) mass is 326 g/mol. The number of hydrogen-bond acceptors (Lipinski definition) is 3. The Morgan fingerprint density at radius 3 is 2.79 bits per heavy atom. The Labute approximate surface area is 122 Å². The zero-order valence-corrected chi connectivity index (χ0v) is 13.1. The van der Waals surface area contributed by atoms with Crippen LogP contribution in [-0.2, 0) is 4.74 Å². The largest absolute Gasteiger partial charge is 0.444 e. The molecule has 0 N–H and O–H groups in total. The molecular weight excluding hydrogens is 308 g/mol. The van der Waals surface area contributed by atoms with E-state index in [-0.39, 0.29) is 12.1 Å². The van der Waals surface area contributed by atoms with Crippen molar-refractivity contribution in [3.8, 4) is 0 Å². The molecule has 0 spiro atoms. The number of halogens is 1. The van der Waals surface area contributed by atoms with E-state index in [0.717, 1.165) is 29.6 Å². The van der Waals surface area contributed by atoms with Crippen LogP contribution in [0.5, 0.6) is 0 Å². The average molecular weight is 327 g/mol. The fraction of sp³-hybridized carbons (Fsp3) is 0.571. The van der Waals surface area contributed by atoms with Gasteiger partial charge in [-0.3, -0.25) is 0 Å². The Hall–Kier alpha value is -1.10. The SMILES string of the molecule is CC(C)(C)OC(=O)N1CCC[C@H]1c1ccc(Br)nc1. The number of nitrogens with zero attached hydrogens (tertiary/aromatic N) is 2. The van der Waals surface area contributed by atoms with E-state index in [1.807, 2.05) is 39.1 Å². The van der Waals surface area contributed by atoms with Crippen LogP contribution in [0.1, 0.15) is 45.2 Å². The number of ether oxygens (including phenoxy) is 1. The van der Waals surface area contributed by atoms with Crippen LogP contribution in [0.15, 0.2) is 22.9 Å². The van der Waals surface area contributed by atoms with Crippen molar-refractivity contribution in [2.45, 2.75) is 45.3 Å². The minimum absolute atomic E-state index is 0.0791. The van der Waals surface area contributed by atoms with Gasteiger partial charge in [0.25, 0.3) is 0 Å². The molecule has 104 valence electrons. The summed E-state index contributed by atoms with van der Waals surface area (Å²) in [5, 5.41) is 0. The van der Waals surface area contributed by atoms with E-state index in [1.54, 1.807) is 4.90 Å². The van der Waals surface area contributed by atoms with Gasteiger partial charge in [0, 0.05) is 12.7 Å². The fourth-order valence-corrected chi connectivity index (χ4v) is 2.47. The van der Waals surface area contributed by atoms with E-state index in [0.29, 0.717) is 0 Å². The van der Waals surface area contributed by atoms with Crippen molar-refractivity contribution in [2.75, 3.05) is 6.54 Å². The Kier molecular flexibility index (Phi) is 4.13. The first-order valence-corrected chi connectivity index (χ1v) is 7.27. The third-order valence-corrected chi connectivity index (χ3v) is 3.48. The maximum atomic E-state index is 12.2. The molecule has 0 unspecified atom stereocenters. The third kappa shape index (κ3) is 3.69. The lowest BCUT2D eigenvalue weighted by atomic mass is 10.1. The predicted octanol–water partition coefficient (Wildman–Crippen LogP) is 3.92. The first-order chi connectivity index (χ1) is 8.87. The van der Waals surface area contributed by atoms with Gasteiger partial charge in [0.05, 0.1) is 6.04 Å². The van der Waals surface area contributed by atoms with Gasteiger partial charge in [0.1, 0.15) is 10.2 Å². The fourth-order valence-electron chi connectivity index (χ4n) is 2.24. The van der Waals surface area contributed by atoms with Crippen LogP contribution >= 0.6 is 15.9 Å². The lowest BCUT2D eigenvalue weighted by Crippen LogP contribution is -2.36. The molecule has 0 aromatic carbocycles. The Bertz CT molecular complexity index is 454. The van der Waals surface area contributed by atoms with Crippen molar-refractivity contribution < 1.29 is 9.53 Å². The molecule has 1 fully saturated rings. The summed E-state index contributed by atoms with van der Waals surface area (Å²) in [6.07, 6.45) is 3.54. The molecule has 1 aliphatic heterocycles. The number of pyridine rings is 1. The summed E-state index contributed by atoms with van der Waals surface area (Å²) in [5.41, 5.74) is 0.605. The highest BCUT2D eigenvalue weighted by Crippen LogP contribution is 2.33. The second-order valence-corrected chi connectivity index (χ2v) is 6.56. The Balaban J connectivity index is 2.12. The topological polar surface area (TPSA) is 42.4 Å². The summed E-state index contributed by atoms with van der Waals surface area (Å²) in [4.78, 5) is 18.2. The quantitative estimate of drug-likeness (QED) is 0.734. The lowest BCUT2D eigenvalue weighted by Gasteiger charge is -2.28. The zero-order chi connectivity index (χ0) is 14.0. The lowest BCUT2D eigenvalue weighted by molar-refractivity contribution is 0.0224. The van der Waals surface area contributed by atoms with Gasteiger partial charge in [-0.1, -0.05) is 6.07 Å². The number of aromatic nitrogens is 1. The highest BCUT2D eigenvalue weighted by atomic mass is 79.9.